The van der Waals surface area contributed by atoms with E-state index in [9.17, 15) is 0 Å². The molecule has 0 aliphatic rings. The second-order valence-electron chi connectivity index (χ2n) is 6.07. The zero-order valence-electron chi connectivity index (χ0n) is 15.0. The van der Waals surface area contributed by atoms with Crippen molar-refractivity contribution >= 4 is 11.0 Å². The van der Waals surface area contributed by atoms with Crippen LogP contribution in [0.1, 0.15) is 30.8 Å². The molecule has 1 atom stereocenters. The zero-order chi connectivity index (χ0) is 17.8. The Morgan fingerprint density at radius 2 is 1.76 bits per heavy atom. The molecule has 1 heterocycles. The Kier molecular flexibility index (Phi) is 5.24. The third-order valence-corrected chi connectivity index (χ3v) is 4.52. The van der Waals surface area contributed by atoms with Gasteiger partial charge in [0.15, 0.2) is 11.5 Å². The van der Waals surface area contributed by atoms with Crippen LogP contribution in [0.2, 0.25) is 0 Å². The van der Waals surface area contributed by atoms with Gasteiger partial charge >= 0.3 is 0 Å². The lowest BCUT2D eigenvalue weighted by Gasteiger charge is -2.14. The summed E-state index contributed by atoms with van der Waals surface area (Å²) in [6.45, 7) is 2.89. The molecule has 0 spiro atoms. The van der Waals surface area contributed by atoms with E-state index in [0.29, 0.717) is 11.5 Å². The summed E-state index contributed by atoms with van der Waals surface area (Å²) in [5.41, 5.74) is 9.52. The number of aryl methyl sites for hydroxylation is 2. The minimum absolute atomic E-state index is 0.0971. The van der Waals surface area contributed by atoms with Gasteiger partial charge in [-0.05, 0) is 18.4 Å². The molecule has 0 radical (unpaired) electrons. The van der Waals surface area contributed by atoms with E-state index < -0.39 is 0 Å². The molecule has 2 aromatic carbocycles. The first kappa shape index (κ1) is 17.3. The van der Waals surface area contributed by atoms with Gasteiger partial charge in [-0.2, -0.15) is 0 Å². The molecular weight excluding hydrogens is 314 g/mol. The SMILES string of the molecule is CCC(N)c1nc2cc(OC)c(OC)cc2n1CCc1ccccc1. The fourth-order valence-electron chi connectivity index (χ4n) is 3.06. The number of hydrogen-bond donors (Lipinski definition) is 1. The van der Waals surface area contributed by atoms with Crippen molar-refractivity contribution in [2.45, 2.75) is 32.4 Å². The summed E-state index contributed by atoms with van der Waals surface area (Å²) >= 11 is 0. The number of fused-ring (bicyclic) bond motifs is 1. The Hall–Kier alpha value is -2.53. The summed E-state index contributed by atoms with van der Waals surface area (Å²) in [4.78, 5) is 4.78. The molecule has 0 fully saturated rings. The van der Waals surface area contributed by atoms with Crippen molar-refractivity contribution in [2.24, 2.45) is 5.73 Å². The fourth-order valence-corrected chi connectivity index (χ4v) is 3.06. The lowest BCUT2D eigenvalue weighted by atomic mass is 10.1. The van der Waals surface area contributed by atoms with Crippen molar-refractivity contribution in [1.82, 2.24) is 9.55 Å². The third kappa shape index (κ3) is 3.46. The van der Waals surface area contributed by atoms with E-state index in [0.717, 1.165) is 36.2 Å². The van der Waals surface area contributed by atoms with Crippen molar-refractivity contribution < 1.29 is 9.47 Å². The number of ether oxygens (including phenoxy) is 2. The van der Waals surface area contributed by atoms with Gasteiger partial charge in [0, 0.05) is 18.7 Å². The first-order valence-electron chi connectivity index (χ1n) is 8.59. The molecule has 0 bridgehead atoms. The van der Waals surface area contributed by atoms with Crippen LogP contribution in [0.15, 0.2) is 42.5 Å². The molecule has 1 aromatic heterocycles. The number of rotatable bonds is 7. The maximum Gasteiger partial charge on any atom is 0.163 e. The number of benzene rings is 2. The Balaban J connectivity index is 2.05. The van der Waals surface area contributed by atoms with E-state index in [-0.39, 0.29) is 6.04 Å². The molecule has 3 aromatic rings. The van der Waals surface area contributed by atoms with E-state index in [1.54, 1.807) is 14.2 Å². The molecule has 25 heavy (non-hydrogen) atoms. The van der Waals surface area contributed by atoms with E-state index >= 15 is 0 Å². The van der Waals surface area contributed by atoms with E-state index in [1.165, 1.54) is 5.56 Å². The van der Waals surface area contributed by atoms with Gasteiger partial charge in [0.1, 0.15) is 5.82 Å². The lowest BCUT2D eigenvalue weighted by molar-refractivity contribution is 0.355. The van der Waals surface area contributed by atoms with Gasteiger partial charge in [-0.3, -0.25) is 0 Å². The number of methoxy groups -OCH3 is 2. The summed E-state index contributed by atoms with van der Waals surface area (Å²) in [5, 5.41) is 0. The van der Waals surface area contributed by atoms with Gasteiger partial charge in [-0.25, -0.2) is 4.98 Å². The maximum absolute atomic E-state index is 6.32. The van der Waals surface area contributed by atoms with Crippen LogP contribution in [0.4, 0.5) is 0 Å². The number of aromatic nitrogens is 2. The topological polar surface area (TPSA) is 62.3 Å². The standard InChI is InChI=1S/C20H25N3O2/c1-4-15(21)20-22-16-12-18(24-2)19(25-3)13-17(16)23(20)11-10-14-8-6-5-7-9-14/h5-9,12-13,15H,4,10-11,21H2,1-3H3. The second kappa shape index (κ2) is 7.57. The normalized spacial score (nSPS) is 12.3. The number of imidazole rings is 1. The van der Waals surface area contributed by atoms with Gasteiger partial charge in [0.25, 0.3) is 0 Å². The highest BCUT2D eigenvalue weighted by Gasteiger charge is 2.18. The molecule has 0 aliphatic heterocycles. The molecular formula is C20H25N3O2. The number of nitrogens with two attached hydrogens (primary N) is 1. The van der Waals surface area contributed by atoms with Crippen LogP contribution in [-0.4, -0.2) is 23.8 Å². The maximum atomic E-state index is 6.32. The minimum Gasteiger partial charge on any atom is -0.493 e. The Morgan fingerprint density at radius 3 is 2.40 bits per heavy atom. The van der Waals surface area contributed by atoms with Gasteiger partial charge in [-0.15, -0.1) is 0 Å². The molecule has 2 N–H and O–H groups in total. The summed E-state index contributed by atoms with van der Waals surface area (Å²) in [6, 6.07) is 14.2. The molecule has 132 valence electrons. The highest BCUT2D eigenvalue weighted by Crippen LogP contribution is 2.33. The van der Waals surface area contributed by atoms with Crippen molar-refractivity contribution in [2.75, 3.05) is 14.2 Å². The van der Waals surface area contributed by atoms with Crippen molar-refractivity contribution in [3.8, 4) is 11.5 Å². The summed E-state index contributed by atoms with van der Waals surface area (Å²) in [7, 11) is 3.28. The van der Waals surface area contributed by atoms with Crippen LogP contribution in [0.3, 0.4) is 0 Å². The van der Waals surface area contributed by atoms with Crippen molar-refractivity contribution in [1.29, 1.82) is 0 Å². The van der Waals surface area contributed by atoms with Crippen LogP contribution < -0.4 is 15.2 Å². The monoisotopic (exact) mass is 339 g/mol. The lowest BCUT2D eigenvalue weighted by Crippen LogP contribution is -2.16. The van der Waals surface area contributed by atoms with Gasteiger partial charge < -0.3 is 19.8 Å². The highest BCUT2D eigenvalue weighted by atomic mass is 16.5. The average molecular weight is 339 g/mol. The third-order valence-electron chi connectivity index (χ3n) is 4.52. The van der Waals surface area contributed by atoms with Crippen LogP contribution in [0, 0.1) is 0 Å². The molecule has 5 heteroatoms. The predicted molar refractivity (Wildman–Crippen MR) is 100 cm³/mol. The smallest absolute Gasteiger partial charge is 0.163 e. The Labute approximate surface area is 148 Å². The first-order chi connectivity index (χ1) is 12.2. The summed E-state index contributed by atoms with van der Waals surface area (Å²) in [6.07, 6.45) is 1.76. The van der Waals surface area contributed by atoms with E-state index in [1.807, 2.05) is 18.2 Å². The molecule has 3 rings (SSSR count). The van der Waals surface area contributed by atoms with Crippen LogP contribution in [0.5, 0.6) is 11.5 Å². The molecule has 5 nitrogen and oxygen atoms in total. The Morgan fingerprint density at radius 1 is 1.08 bits per heavy atom. The highest BCUT2D eigenvalue weighted by molar-refractivity contribution is 5.80. The predicted octanol–water partition coefficient (Wildman–Crippen LogP) is 3.71. The van der Waals surface area contributed by atoms with Crippen molar-refractivity contribution in [3.05, 3.63) is 53.9 Å². The van der Waals surface area contributed by atoms with Crippen LogP contribution >= 0.6 is 0 Å². The zero-order valence-corrected chi connectivity index (χ0v) is 15.0. The molecule has 0 saturated heterocycles. The quantitative estimate of drug-likeness (QED) is 0.713. The van der Waals surface area contributed by atoms with Gasteiger partial charge in [-0.1, -0.05) is 37.3 Å². The van der Waals surface area contributed by atoms with Crippen molar-refractivity contribution in [3.63, 3.8) is 0 Å². The second-order valence-corrected chi connectivity index (χ2v) is 6.07. The fraction of sp³-hybridized carbons (Fsp3) is 0.350. The first-order valence-corrected chi connectivity index (χ1v) is 8.59. The molecule has 0 saturated carbocycles. The van der Waals surface area contributed by atoms with E-state index in [4.69, 9.17) is 20.2 Å². The Bertz CT molecular complexity index is 843. The number of nitrogens with zero attached hydrogens (tertiary/aromatic N) is 2. The average Bonchev–Trinajstić information content (AvgIpc) is 3.02. The molecule has 0 aliphatic carbocycles. The van der Waals surface area contributed by atoms with Crippen LogP contribution in [0.25, 0.3) is 11.0 Å². The van der Waals surface area contributed by atoms with E-state index in [2.05, 4.69) is 35.8 Å². The van der Waals surface area contributed by atoms with Gasteiger partial charge in [0.2, 0.25) is 0 Å². The number of hydrogen-bond acceptors (Lipinski definition) is 4. The van der Waals surface area contributed by atoms with Gasteiger partial charge in [0.05, 0.1) is 31.3 Å². The minimum atomic E-state index is -0.0971. The largest absolute Gasteiger partial charge is 0.493 e. The molecule has 0 amide bonds. The molecule has 1 unspecified atom stereocenters. The summed E-state index contributed by atoms with van der Waals surface area (Å²) in [5.74, 6) is 2.29. The van der Waals surface area contributed by atoms with Crippen LogP contribution in [-0.2, 0) is 13.0 Å². The summed E-state index contributed by atoms with van der Waals surface area (Å²) < 4.78 is 13.1.